The molecule has 0 aliphatic rings. The minimum Gasteiger partial charge on any atom is -0.462 e. The zero-order valence-corrected chi connectivity index (χ0v) is 5.94. The number of aliphatic hydroxyl groups is 1. The van der Waals surface area contributed by atoms with Crippen molar-refractivity contribution < 1.29 is 5.11 Å². The van der Waals surface area contributed by atoms with Crippen LogP contribution in [0, 0.1) is 12.0 Å². The Bertz CT molecular complexity index is 112. The molecular weight excluding hydrogens is 114 g/mol. The van der Waals surface area contributed by atoms with Gasteiger partial charge in [0, 0.05) is 0 Å². The van der Waals surface area contributed by atoms with Crippen molar-refractivity contribution in [3.63, 3.8) is 0 Å². The van der Waals surface area contributed by atoms with Crippen molar-refractivity contribution in [2.45, 2.75) is 26.3 Å². The van der Waals surface area contributed by atoms with Gasteiger partial charge in [0.15, 0.2) is 0 Å². The van der Waals surface area contributed by atoms with Crippen LogP contribution in [0.4, 0.5) is 0 Å². The summed E-state index contributed by atoms with van der Waals surface area (Å²) in [6.07, 6.45) is 2.96. The third-order valence-electron chi connectivity index (χ3n) is 0.982. The highest BCUT2D eigenvalue weighted by atomic mass is 16.2. The molecule has 0 radical (unpaired) electrons. The molecule has 9 heavy (non-hydrogen) atoms. The molecule has 1 atom stereocenters. The van der Waals surface area contributed by atoms with Crippen LogP contribution in [0.1, 0.15) is 20.3 Å². The molecule has 2 heteroatoms. The molecule has 0 saturated heterocycles. The van der Waals surface area contributed by atoms with E-state index in [-0.39, 0.29) is 6.04 Å². The van der Waals surface area contributed by atoms with Crippen molar-refractivity contribution in [1.29, 1.82) is 0 Å². The Balaban J connectivity index is 3.23. The smallest absolute Gasteiger partial charge is 0.109 e. The molecule has 2 N–H and O–H groups in total. The van der Waals surface area contributed by atoms with Gasteiger partial charge in [0.2, 0.25) is 0 Å². The largest absolute Gasteiger partial charge is 0.462 e. The third kappa shape index (κ3) is 5.19. The van der Waals surface area contributed by atoms with Gasteiger partial charge in [0.25, 0.3) is 0 Å². The van der Waals surface area contributed by atoms with Gasteiger partial charge in [-0.15, -0.1) is 0 Å². The molecular formula is C7H13NO. The summed E-state index contributed by atoms with van der Waals surface area (Å²) in [7, 11) is 0. The van der Waals surface area contributed by atoms with Crippen molar-refractivity contribution in [1.82, 2.24) is 5.32 Å². The van der Waals surface area contributed by atoms with Crippen LogP contribution in [0.3, 0.4) is 0 Å². The predicted molar refractivity (Wildman–Crippen MR) is 37.5 cm³/mol. The molecule has 0 bridgehead atoms. The van der Waals surface area contributed by atoms with Crippen LogP contribution >= 0.6 is 0 Å². The highest BCUT2D eigenvalue weighted by Crippen LogP contribution is 1.77. The molecule has 2 nitrogen and oxygen atoms in total. The summed E-state index contributed by atoms with van der Waals surface area (Å²) in [5.41, 5.74) is 0. The first-order chi connectivity index (χ1) is 4.31. The van der Waals surface area contributed by atoms with Crippen molar-refractivity contribution >= 4 is 0 Å². The number of hydrogen-bond donors (Lipinski definition) is 2. The molecule has 0 rings (SSSR count). The molecule has 0 aliphatic heterocycles. The quantitative estimate of drug-likeness (QED) is 0.547. The maximum atomic E-state index is 8.13. The summed E-state index contributed by atoms with van der Waals surface area (Å²) >= 11 is 0. The summed E-state index contributed by atoms with van der Waals surface area (Å²) in [5, 5.41) is 11.2. The van der Waals surface area contributed by atoms with Crippen LogP contribution in [0.2, 0.25) is 0 Å². The fourth-order valence-electron chi connectivity index (χ4n) is 0.509. The van der Waals surface area contributed by atoms with E-state index in [1.807, 2.05) is 13.0 Å². The van der Waals surface area contributed by atoms with Gasteiger partial charge < -0.3 is 10.4 Å². The van der Waals surface area contributed by atoms with Crippen molar-refractivity contribution in [3.8, 4) is 12.0 Å². The minimum absolute atomic E-state index is 0.106. The van der Waals surface area contributed by atoms with Gasteiger partial charge in [-0.3, -0.25) is 0 Å². The monoisotopic (exact) mass is 127 g/mol. The van der Waals surface area contributed by atoms with Gasteiger partial charge in [-0.1, -0.05) is 6.92 Å². The lowest BCUT2D eigenvalue weighted by Gasteiger charge is -2.02. The summed E-state index contributed by atoms with van der Waals surface area (Å²) in [5.74, 6) is 2.57. The highest BCUT2D eigenvalue weighted by Gasteiger charge is 1.90. The lowest BCUT2D eigenvalue weighted by Crippen LogP contribution is -2.24. The Kier molecular flexibility index (Phi) is 5.04. The first-order valence-corrected chi connectivity index (χ1v) is 3.19. The van der Waals surface area contributed by atoms with Gasteiger partial charge in [0.05, 0.1) is 6.04 Å². The molecule has 0 aromatic rings. The first-order valence-electron chi connectivity index (χ1n) is 3.19. The Morgan fingerprint density at radius 3 is 2.78 bits per heavy atom. The van der Waals surface area contributed by atoms with Gasteiger partial charge in [-0.05, 0) is 25.8 Å². The second-order valence-electron chi connectivity index (χ2n) is 1.93. The van der Waals surface area contributed by atoms with E-state index in [2.05, 4.69) is 18.2 Å². The molecule has 0 aromatic heterocycles. The van der Waals surface area contributed by atoms with Crippen molar-refractivity contribution in [3.05, 3.63) is 0 Å². The Labute approximate surface area is 56.3 Å². The van der Waals surface area contributed by atoms with Gasteiger partial charge in [-0.2, -0.15) is 0 Å². The van der Waals surface area contributed by atoms with E-state index in [9.17, 15) is 0 Å². The van der Waals surface area contributed by atoms with Crippen molar-refractivity contribution in [2.75, 3.05) is 6.54 Å². The molecule has 0 aromatic carbocycles. The summed E-state index contributed by atoms with van der Waals surface area (Å²) in [6.45, 7) is 4.96. The average Bonchev–Trinajstić information content (AvgIpc) is 1.85. The Hall–Kier alpha value is -0.680. The van der Waals surface area contributed by atoms with Crippen LogP contribution in [0.5, 0.6) is 0 Å². The zero-order chi connectivity index (χ0) is 7.11. The number of nitrogens with one attached hydrogen (secondary N) is 1. The van der Waals surface area contributed by atoms with Crippen LogP contribution in [-0.2, 0) is 0 Å². The van der Waals surface area contributed by atoms with E-state index >= 15 is 0 Å². The average molecular weight is 127 g/mol. The zero-order valence-electron chi connectivity index (χ0n) is 5.94. The first kappa shape index (κ1) is 8.32. The van der Waals surface area contributed by atoms with E-state index in [0.29, 0.717) is 0 Å². The SMILES string of the molecule is CCCNC(C)C#CO. The maximum Gasteiger partial charge on any atom is 0.109 e. The molecule has 0 aliphatic carbocycles. The van der Waals surface area contributed by atoms with Gasteiger partial charge >= 0.3 is 0 Å². The fraction of sp³-hybridized carbons (Fsp3) is 0.714. The van der Waals surface area contributed by atoms with Crippen molar-refractivity contribution in [2.24, 2.45) is 0 Å². The second-order valence-corrected chi connectivity index (χ2v) is 1.93. The van der Waals surface area contributed by atoms with E-state index < -0.39 is 0 Å². The molecule has 0 amide bonds. The summed E-state index contributed by atoms with van der Waals surface area (Å²) < 4.78 is 0. The summed E-state index contributed by atoms with van der Waals surface area (Å²) in [4.78, 5) is 0. The van der Waals surface area contributed by atoms with E-state index in [1.54, 1.807) is 0 Å². The summed E-state index contributed by atoms with van der Waals surface area (Å²) in [6, 6.07) is 0.106. The predicted octanol–water partition coefficient (Wildman–Crippen LogP) is 0.708. The molecule has 0 heterocycles. The number of aliphatic hydroxyl groups excluding tert-OH is 1. The van der Waals surface area contributed by atoms with Gasteiger partial charge in [-0.25, -0.2) is 0 Å². The van der Waals surface area contributed by atoms with Gasteiger partial charge in [0.1, 0.15) is 6.11 Å². The van der Waals surface area contributed by atoms with Crippen LogP contribution in [-0.4, -0.2) is 17.7 Å². The lowest BCUT2D eigenvalue weighted by molar-refractivity contribution is 0.513. The van der Waals surface area contributed by atoms with E-state index in [1.165, 1.54) is 0 Å². The number of hydrogen-bond acceptors (Lipinski definition) is 2. The van der Waals surface area contributed by atoms with Crippen LogP contribution in [0.25, 0.3) is 0 Å². The third-order valence-corrected chi connectivity index (χ3v) is 0.982. The standard InChI is InChI=1S/C7H13NO/c1-3-5-8-7(2)4-6-9/h7-9H,3,5H2,1-2H3. The van der Waals surface area contributed by atoms with E-state index in [0.717, 1.165) is 13.0 Å². The maximum absolute atomic E-state index is 8.13. The lowest BCUT2D eigenvalue weighted by atomic mass is 10.3. The second kappa shape index (κ2) is 5.46. The minimum atomic E-state index is 0.106. The Morgan fingerprint density at radius 2 is 2.33 bits per heavy atom. The Morgan fingerprint density at radius 1 is 1.67 bits per heavy atom. The molecule has 0 fully saturated rings. The highest BCUT2D eigenvalue weighted by molar-refractivity contribution is 4.99. The fourth-order valence-corrected chi connectivity index (χ4v) is 0.509. The molecule has 0 saturated carbocycles. The molecule has 0 spiro atoms. The normalized spacial score (nSPS) is 11.8. The molecule has 52 valence electrons. The van der Waals surface area contributed by atoms with Crippen LogP contribution in [0.15, 0.2) is 0 Å². The van der Waals surface area contributed by atoms with Crippen LogP contribution < -0.4 is 5.32 Å². The molecule has 1 unspecified atom stereocenters. The number of rotatable bonds is 3. The van der Waals surface area contributed by atoms with E-state index in [4.69, 9.17) is 5.11 Å². The topological polar surface area (TPSA) is 32.3 Å².